The van der Waals surface area contributed by atoms with Crippen LogP contribution < -0.4 is 10.1 Å². The van der Waals surface area contributed by atoms with Crippen molar-refractivity contribution in [1.82, 2.24) is 0 Å². The lowest BCUT2D eigenvalue weighted by molar-refractivity contribution is -0.128. The minimum Gasteiger partial charge on any atom is -0.475 e. The SMILES string of the molecule is COCc1ccc(-c2ccc(NC(=O)C(C)(C)Oc3ccccc3F)cc2)cc1. The van der Waals surface area contributed by atoms with Crippen molar-refractivity contribution in [3.63, 3.8) is 0 Å². The highest BCUT2D eigenvalue weighted by molar-refractivity contribution is 5.97. The van der Waals surface area contributed by atoms with Crippen molar-refractivity contribution in [3.8, 4) is 16.9 Å². The van der Waals surface area contributed by atoms with Crippen LogP contribution in [0.2, 0.25) is 0 Å². The van der Waals surface area contributed by atoms with E-state index < -0.39 is 11.4 Å². The molecule has 0 heterocycles. The van der Waals surface area contributed by atoms with Crippen molar-refractivity contribution in [2.45, 2.75) is 26.1 Å². The summed E-state index contributed by atoms with van der Waals surface area (Å²) < 4.78 is 24.5. The third-order valence-electron chi connectivity index (χ3n) is 4.49. The Bertz CT molecular complexity index is 966. The third kappa shape index (κ3) is 5.21. The Hall–Kier alpha value is -3.18. The van der Waals surface area contributed by atoms with E-state index in [1.807, 2.05) is 48.5 Å². The second-order valence-electron chi connectivity index (χ2n) is 7.20. The van der Waals surface area contributed by atoms with Gasteiger partial charge in [-0.2, -0.15) is 0 Å². The van der Waals surface area contributed by atoms with Gasteiger partial charge in [-0.1, -0.05) is 48.5 Å². The summed E-state index contributed by atoms with van der Waals surface area (Å²) in [5.41, 5.74) is 2.62. The molecule has 0 saturated heterocycles. The molecule has 0 spiro atoms. The van der Waals surface area contributed by atoms with Crippen LogP contribution in [0.4, 0.5) is 10.1 Å². The quantitative estimate of drug-likeness (QED) is 0.582. The zero-order valence-corrected chi connectivity index (χ0v) is 16.7. The van der Waals surface area contributed by atoms with Gasteiger partial charge in [0.25, 0.3) is 5.91 Å². The molecule has 3 aromatic rings. The Morgan fingerprint density at radius 2 is 1.52 bits per heavy atom. The van der Waals surface area contributed by atoms with E-state index in [1.54, 1.807) is 33.1 Å². The number of hydrogen-bond donors (Lipinski definition) is 1. The number of carbonyl (C=O) groups excluding carboxylic acids is 1. The van der Waals surface area contributed by atoms with E-state index in [1.165, 1.54) is 12.1 Å². The highest BCUT2D eigenvalue weighted by Gasteiger charge is 2.31. The Balaban J connectivity index is 1.67. The number of amides is 1. The second-order valence-corrected chi connectivity index (χ2v) is 7.20. The van der Waals surface area contributed by atoms with Crippen molar-refractivity contribution in [2.75, 3.05) is 12.4 Å². The molecule has 3 aromatic carbocycles. The highest BCUT2D eigenvalue weighted by Crippen LogP contribution is 2.25. The molecule has 0 aliphatic carbocycles. The van der Waals surface area contributed by atoms with Crippen LogP contribution in [0.15, 0.2) is 72.8 Å². The van der Waals surface area contributed by atoms with Crippen LogP contribution >= 0.6 is 0 Å². The van der Waals surface area contributed by atoms with Crippen LogP contribution in [-0.2, 0) is 16.1 Å². The zero-order chi connectivity index (χ0) is 20.9. The van der Waals surface area contributed by atoms with Gasteiger partial charge in [0.2, 0.25) is 0 Å². The van der Waals surface area contributed by atoms with Gasteiger partial charge in [-0.05, 0) is 54.8 Å². The maximum Gasteiger partial charge on any atom is 0.267 e. The molecule has 4 nitrogen and oxygen atoms in total. The van der Waals surface area contributed by atoms with Crippen LogP contribution in [0, 0.1) is 5.82 Å². The summed E-state index contributed by atoms with van der Waals surface area (Å²) in [6, 6.07) is 21.7. The molecule has 0 saturated carbocycles. The fourth-order valence-corrected chi connectivity index (χ4v) is 2.84. The smallest absolute Gasteiger partial charge is 0.267 e. The summed E-state index contributed by atoms with van der Waals surface area (Å²) in [6.07, 6.45) is 0. The van der Waals surface area contributed by atoms with E-state index in [2.05, 4.69) is 5.32 Å². The maximum absolute atomic E-state index is 13.8. The van der Waals surface area contributed by atoms with Crippen LogP contribution in [0.1, 0.15) is 19.4 Å². The molecule has 5 heteroatoms. The average Bonchev–Trinajstić information content (AvgIpc) is 2.71. The molecule has 0 atom stereocenters. The molecule has 1 N–H and O–H groups in total. The number of anilines is 1. The summed E-state index contributed by atoms with van der Waals surface area (Å²) in [4.78, 5) is 12.6. The largest absolute Gasteiger partial charge is 0.475 e. The predicted molar refractivity (Wildman–Crippen MR) is 112 cm³/mol. The topological polar surface area (TPSA) is 47.6 Å². The van der Waals surface area contributed by atoms with Crippen molar-refractivity contribution in [2.24, 2.45) is 0 Å². The van der Waals surface area contributed by atoms with Gasteiger partial charge in [-0.25, -0.2) is 4.39 Å². The van der Waals surface area contributed by atoms with Crippen molar-refractivity contribution in [1.29, 1.82) is 0 Å². The third-order valence-corrected chi connectivity index (χ3v) is 4.49. The summed E-state index contributed by atoms with van der Waals surface area (Å²) in [5.74, 6) is -0.827. The lowest BCUT2D eigenvalue weighted by atomic mass is 10.0. The van der Waals surface area contributed by atoms with Gasteiger partial charge in [0, 0.05) is 12.8 Å². The van der Waals surface area contributed by atoms with Gasteiger partial charge in [-0.15, -0.1) is 0 Å². The number of carbonyl (C=O) groups is 1. The zero-order valence-electron chi connectivity index (χ0n) is 16.7. The lowest BCUT2D eigenvalue weighted by Crippen LogP contribution is -2.42. The molecule has 0 aliphatic heterocycles. The average molecular weight is 393 g/mol. The molecule has 0 aromatic heterocycles. The number of nitrogens with one attached hydrogen (secondary N) is 1. The Morgan fingerprint density at radius 1 is 0.931 bits per heavy atom. The number of benzene rings is 3. The number of rotatable bonds is 7. The van der Waals surface area contributed by atoms with E-state index in [0.717, 1.165) is 16.7 Å². The first-order chi connectivity index (χ1) is 13.9. The highest BCUT2D eigenvalue weighted by atomic mass is 19.1. The van der Waals surface area contributed by atoms with Gasteiger partial charge >= 0.3 is 0 Å². The molecule has 29 heavy (non-hydrogen) atoms. The van der Waals surface area contributed by atoms with E-state index >= 15 is 0 Å². The molecule has 0 fully saturated rings. The van der Waals surface area contributed by atoms with Gasteiger partial charge in [0.15, 0.2) is 17.2 Å². The standard InChI is InChI=1S/C24H24FNO3/c1-24(2,29-22-7-5-4-6-21(22)25)23(27)26-20-14-12-19(13-15-20)18-10-8-17(9-11-18)16-28-3/h4-15H,16H2,1-3H3,(H,26,27). The second kappa shape index (κ2) is 8.88. The number of para-hydroxylation sites is 1. The number of methoxy groups -OCH3 is 1. The van der Waals surface area contributed by atoms with Crippen LogP contribution in [0.5, 0.6) is 5.75 Å². The van der Waals surface area contributed by atoms with E-state index in [4.69, 9.17) is 9.47 Å². The fraction of sp³-hybridized carbons (Fsp3) is 0.208. The number of ether oxygens (including phenoxy) is 2. The lowest BCUT2D eigenvalue weighted by Gasteiger charge is -2.25. The summed E-state index contributed by atoms with van der Waals surface area (Å²) in [6.45, 7) is 3.78. The summed E-state index contributed by atoms with van der Waals surface area (Å²) >= 11 is 0. The first-order valence-electron chi connectivity index (χ1n) is 9.32. The molecular weight excluding hydrogens is 369 g/mol. The van der Waals surface area contributed by atoms with Gasteiger partial charge < -0.3 is 14.8 Å². The van der Waals surface area contributed by atoms with E-state index in [-0.39, 0.29) is 11.7 Å². The Morgan fingerprint density at radius 3 is 2.10 bits per heavy atom. The Labute approximate surface area is 170 Å². The molecule has 1 amide bonds. The summed E-state index contributed by atoms with van der Waals surface area (Å²) in [5, 5.41) is 2.82. The molecule has 0 unspecified atom stereocenters. The van der Waals surface area contributed by atoms with Crippen LogP contribution in [-0.4, -0.2) is 18.6 Å². The first kappa shape index (κ1) is 20.6. The van der Waals surface area contributed by atoms with Crippen LogP contribution in [0.3, 0.4) is 0 Å². The maximum atomic E-state index is 13.8. The number of halogens is 1. The molecule has 0 bridgehead atoms. The van der Waals surface area contributed by atoms with Gasteiger partial charge in [0.1, 0.15) is 0 Å². The Kier molecular flexibility index (Phi) is 6.29. The normalized spacial score (nSPS) is 11.2. The molecule has 3 rings (SSSR count). The van der Waals surface area contributed by atoms with E-state index in [9.17, 15) is 9.18 Å². The summed E-state index contributed by atoms with van der Waals surface area (Å²) in [7, 11) is 1.67. The minimum atomic E-state index is -1.24. The van der Waals surface area contributed by atoms with Crippen LogP contribution in [0.25, 0.3) is 11.1 Å². The van der Waals surface area contributed by atoms with Gasteiger partial charge in [0.05, 0.1) is 6.61 Å². The van der Waals surface area contributed by atoms with Gasteiger partial charge in [-0.3, -0.25) is 4.79 Å². The monoisotopic (exact) mass is 393 g/mol. The molecular formula is C24H24FNO3. The molecule has 0 radical (unpaired) electrons. The predicted octanol–water partition coefficient (Wildman–Crippen LogP) is 5.44. The molecule has 0 aliphatic rings. The minimum absolute atomic E-state index is 0.0416. The van der Waals surface area contributed by atoms with Crippen molar-refractivity contribution < 1.29 is 18.7 Å². The van der Waals surface area contributed by atoms with E-state index in [0.29, 0.717) is 12.3 Å². The van der Waals surface area contributed by atoms with Crippen molar-refractivity contribution in [3.05, 3.63) is 84.2 Å². The first-order valence-corrected chi connectivity index (χ1v) is 9.32. The number of hydrogen-bond acceptors (Lipinski definition) is 3. The van der Waals surface area contributed by atoms with Crippen molar-refractivity contribution >= 4 is 11.6 Å². The molecule has 150 valence electrons. The fourth-order valence-electron chi connectivity index (χ4n) is 2.84.